The lowest BCUT2D eigenvalue weighted by molar-refractivity contribution is -0.141. The van der Waals surface area contributed by atoms with Crippen LogP contribution in [-0.4, -0.2) is 34.6 Å². The van der Waals surface area contributed by atoms with E-state index in [0.29, 0.717) is 23.7 Å². The molecule has 1 saturated heterocycles. The zero-order chi connectivity index (χ0) is 20.3. The molecule has 1 aliphatic heterocycles. The Hall–Kier alpha value is -3.13. The third kappa shape index (κ3) is 4.23. The highest BCUT2D eigenvalue weighted by molar-refractivity contribution is 8.18. The summed E-state index contributed by atoms with van der Waals surface area (Å²) in [6, 6.07) is 10.0. The molecule has 0 spiro atoms. The van der Waals surface area contributed by atoms with Gasteiger partial charge in [-0.3, -0.25) is 14.4 Å². The summed E-state index contributed by atoms with van der Waals surface area (Å²) in [6.45, 7) is 2.03. The summed E-state index contributed by atoms with van der Waals surface area (Å²) in [5.41, 5.74) is 1.15. The maximum atomic E-state index is 12.2. The number of carbonyl (C=O) groups excluding carboxylic acids is 3. The lowest BCUT2D eigenvalue weighted by Crippen LogP contribution is -2.18. The van der Waals surface area contributed by atoms with Gasteiger partial charge < -0.3 is 14.3 Å². The predicted octanol–water partition coefficient (Wildman–Crippen LogP) is 3.40. The van der Waals surface area contributed by atoms with Gasteiger partial charge >= 0.3 is 11.9 Å². The minimum absolute atomic E-state index is 0.162. The van der Waals surface area contributed by atoms with Crippen molar-refractivity contribution in [3.05, 3.63) is 52.6 Å². The van der Waals surface area contributed by atoms with Crippen LogP contribution in [0.4, 0.5) is 0 Å². The van der Waals surface area contributed by atoms with Crippen LogP contribution in [0.25, 0.3) is 17.4 Å². The van der Waals surface area contributed by atoms with Crippen LogP contribution in [0.5, 0.6) is 0 Å². The molecular formula is C20H16O7S. The van der Waals surface area contributed by atoms with E-state index in [1.54, 1.807) is 43.3 Å². The van der Waals surface area contributed by atoms with E-state index in [1.165, 1.54) is 6.08 Å². The Morgan fingerprint density at radius 3 is 2.54 bits per heavy atom. The first kappa shape index (κ1) is 19.6. The van der Waals surface area contributed by atoms with Crippen LogP contribution < -0.4 is 0 Å². The smallest absolute Gasteiger partial charge is 0.338 e. The van der Waals surface area contributed by atoms with Gasteiger partial charge in [0.05, 0.1) is 23.5 Å². The number of carbonyl (C=O) groups is 4. The van der Waals surface area contributed by atoms with Crippen molar-refractivity contribution in [2.45, 2.75) is 13.3 Å². The Balaban J connectivity index is 1.76. The van der Waals surface area contributed by atoms with Crippen LogP contribution in [0.15, 0.2) is 45.7 Å². The van der Waals surface area contributed by atoms with Crippen LogP contribution in [0, 0.1) is 5.92 Å². The Morgan fingerprint density at radius 1 is 1.18 bits per heavy atom. The molecule has 2 heterocycles. The van der Waals surface area contributed by atoms with Crippen molar-refractivity contribution in [3.63, 3.8) is 0 Å². The highest BCUT2D eigenvalue weighted by Gasteiger charge is 2.39. The average molecular weight is 400 g/mol. The van der Waals surface area contributed by atoms with Crippen molar-refractivity contribution in [1.29, 1.82) is 0 Å². The molecule has 1 unspecified atom stereocenters. The molecule has 0 aliphatic carbocycles. The quantitative estimate of drug-likeness (QED) is 0.446. The number of thioether (sulfide) groups is 1. The van der Waals surface area contributed by atoms with Crippen molar-refractivity contribution >= 4 is 40.7 Å². The second-order valence-corrected chi connectivity index (χ2v) is 6.99. The number of aliphatic carboxylic acids is 1. The van der Waals surface area contributed by atoms with E-state index in [2.05, 4.69) is 0 Å². The SMILES string of the molecule is CCOC(=O)c1ccc(-c2ccc(/C=C3/SC(=O)C(CC(=O)O)C3=O)o2)cc1. The molecule has 144 valence electrons. The Labute approximate surface area is 164 Å². The zero-order valence-corrected chi connectivity index (χ0v) is 15.7. The molecule has 0 amide bonds. The number of ether oxygens (including phenoxy) is 1. The fourth-order valence-corrected chi connectivity index (χ4v) is 3.63. The van der Waals surface area contributed by atoms with Crippen molar-refractivity contribution in [3.8, 4) is 11.3 Å². The number of Topliss-reactive ketones (excluding diaryl/α,β-unsaturated/α-hetero) is 1. The van der Waals surface area contributed by atoms with Crippen LogP contribution in [0.3, 0.4) is 0 Å². The summed E-state index contributed by atoms with van der Waals surface area (Å²) in [5.74, 6) is -2.38. The number of carboxylic acid groups (broad SMARTS) is 1. The van der Waals surface area contributed by atoms with Crippen molar-refractivity contribution in [2.75, 3.05) is 6.61 Å². The van der Waals surface area contributed by atoms with Gasteiger partial charge in [-0.25, -0.2) is 4.79 Å². The van der Waals surface area contributed by atoms with Crippen LogP contribution >= 0.6 is 11.8 Å². The molecule has 3 rings (SSSR count). The number of carboxylic acids is 1. The number of benzene rings is 1. The topological polar surface area (TPSA) is 111 Å². The molecule has 1 aromatic heterocycles. The first-order chi connectivity index (χ1) is 13.4. The molecule has 8 heteroatoms. The lowest BCUT2D eigenvalue weighted by Gasteiger charge is -2.02. The van der Waals surface area contributed by atoms with E-state index in [4.69, 9.17) is 14.3 Å². The second kappa shape index (κ2) is 8.26. The van der Waals surface area contributed by atoms with Crippen LogP contribution in [-0.2, 0) is 19.1 Å². The Kier molecular flexibility index (Phi) is 5.79. The number of allylic oxidation sites excluding steroid dienone is 1. The fourth-order valence-electron chi connectivity index (χ4n) is 2.66. The number of hydrogen-bond acceptors (Lipinski definition) is 7. The molecule has 7 nitrogen and oxygen atoms in total. The molecule has 2 aromatic rings. The third-order valence-corrected chi connectivity index (χ3v) is 5.04. The number of esters is 1. The van der Waals surface area contributed by atoms with Crippen molar-refractivity contribution in [1.82, 2.24) is 0 Å². The summed E-state index contributed by atoms with van der Waals surface area (Å²) < 4.78 is 10.6. The van der Waals surface area contributed by atoms with Crippen LogP contribution in [0.2, 0.25) is 0 Å². The molecule has 28 heavy (non-hydrogen) atoms. The normalized spacial score (nSPS) is 17.9. The first-order valence-corrected chi connectivity index (χ1v) is 9.27. The van der Waals surface area contributed by atoms with E-state index in [0.717, 1.165) is 17.3 Å². The van der Waals surface area contributed by atoms with E-state index >= 15 is 0 Å². The Bertz CT molecular complexity index is 969. The van der Waals surface area contributed by atoms with Gasteiger partial charge in [0, 0.05) is 5.56 Å². The molecule has 0 bridgehead atoms. The molecule has 1 fully saturated rings. The van der Waals surface area contributed by atoms with Gasteiger partial charge in [-0.15, -0.1) is 0 Å². The third-order valence-electron chi connectivity index (χ3n) is 4.01. The number of furan rings is 1. The van der Waals surface area contributed by atoms with E-state index in [-0.39, 0.29) is 4.91 Å². The molecule has 1 aromatic carbocycles. The molecule has 0 radical (unpaired) electrons. The van der Waals surface area contributed by atoms with Gasteiger partial charge in [0.1, 0.15) is 17.4 Å². The summed E-state index contributed by atoms with van der Waals surface area (Å²) >= 11 is 0.731. The summed E-state index contributed by atoms with van der Waals surface area (Å²) in [6.07, 6.45) is 0.918. The minimum atomic E-state index is -1.19. The number of ketones is 1. The van der Waals surface area contributed by atoms with Crippen molar-refractivity contribution < 1.29 is 33.4 Å². The van der Waals surface area contributed by atoms with E-state index in [9.17, 15) is 19.2 Å². The highest BCUT2D eigenvalue weighted by atomic mass is 32.2. The Morgan fingerprint density at radius 2 is 1.89 bits per heavy atom. The summed E-state index contributed by atoms with van der Waals surface area (Å²) in [4.78, 5) is 46.7. The second-order valence-electron chi connectivity index (χ2n) is 5.94. The van der Waals surface area contributed by atoms with Gasteiger partial charge in [-0.1, -0.05) is 12.1 Å². The summed E-state index contributed by atoms with van der Waals surface area (Å²) in [5, 5.41) is 8.35. The average Bonchev–Trinajstić information content (AvgIpc) is 3.22. The number of rotatable bonds is 6. The molecular weight excluding hydrogens is 384 g/mol. The zero-order valence-electron chi connectivity index (χ0n) is 14.8. The monoisotopic (exact) mass is 400 g/mol. The lowest BCUT2D eigenvalue weighted by atomic mass is 10.0. The molecule has 1 atom stereocenters. The van der Waals surface area contributed by atoms with Gasteiger partial charge in [-0.2, -0.15) is 0 Å². The summed E-state index contributed by atoms with van der Waals surface area (Å²) in [7, 11) is 0. The van der Waals surface area contributed by atoms with Crippen molar-refractivity contribution in [2.24, 2.45) is 5.92 Å². The molecule has 1 aliphatic rings. The highest BCUT2D eigenvalue weighted by Crippen LogP contribution is 2.37. The number of hydrogen-bond donors (Lipinski definition) is 1. The largest absolute Gasteiger partial charge is 0.481 e. The van der Waals surface area contributed by atoms with Crippen LogP contribution in [0.1, 0.15) is 29.5 Å². The van der Waals surface area contributed by atoms with Gasteiger partial charge in [0.25, 0.3) is 0 Å². The van der Waals surface area contributed by atoms with E-state index < -0.39 is 35.2 Å². The van der Waals surface area contributed by atoms with Gasteiger partial charge in [0.2, 0.25) is 5.12 Å². The molecule has 1 N–H and O–H groups in total. The molecule has 0 saturated carbocycles. The maximum Gasteiger partial charge on any atom is 0.338 e. The van der Waals surface area contributed by atoms with E-state index in [1.807, 2.05) is 0 Å². The van der Waals surface area contributed by atoms with Gasteiger partial charge in [-0.05, 0) is 49.0 Å². The predicted molar refractivity (Wildman–Crippen MR) is 101 cm³/mol. The standard InChI is InChI=1S/C20H16O7S/c1-2-26-19(24)12-5-3-11(4-6-12)15-8-7-13(27-15)9-16-18(23)14(10-17(21)22)20(25)28-16/h3-9,14H,2,10H2,1H3,(H,21,22)/b16-9+. The van der Waals surface area contributed by atoms with Gasteiger partial charge in [0.15, 0.2) is 5.78 Å². The maximum absolute atomic E-state index is 12.2. The first-order valence-electron chi connectivity index (χ1n) is 8.46. The minimum Gasteiger partial charge on any atom is -0.481 e. The fraction of sp³-hybridized carbons (Fsp3) is 0.200.